The maximum Gasteiger partial charge on any atom is 0.191 e. The number of hydrogen-bond donors (Lipinski definition) is 2. The summed E-state index contributed by atoms with van der Waals surface area (Å²) in [5.41, 5.74) is 0.905. The molecule has 0 radical (unpaired) electrons. The van der Waals surface area contributed by atoms with Gasteiger partial charge in [0, 0.05) is 40.3 Å². The molecule has 1 aliphatic heterocycles. The Hall–Kier alpha value is -2.52. The first-order chi connectivity index (χ1) is 13.6. The van der Waals surface area contributed by atoms with Crippen LogP contribution in [0.5, 0.6) is 0 Å². The normalized spacial score (nSPS) is 17.9. The second-order valence-corrected chi connectivity index (χ2v) is 6.67. The first kappa shape index (κ1) is 20.2. The molecule has 2 heterocycles. The summed E-state index contributed by atoms with van der Waals surface area (Å²) in [6.45, 7) is 1.66. The van der Waals surface area contributed by atoms with E-state index in [9.17, 15) is 4.39 Å². The van der Waals surface area contributed by atoms with Gasteiger partial charge in [0.25, 0.3) is 0 Å². The Morgan fingerprint density at radius 3 is 2.82 bits per heavy atom. The van der Waals surface area contributed by atoms with Crippen molar-refractivity contribution in [2.24, 2.45) is 4.99 Å². The Balaban J connectivity index is 1.54. The number of hydrogen-bond acceptors (Lipinski definition) is 5. The topological polar surface area (TPSA) is 85.6 Å². The van der Waals surface area contributed by atoms with Gasteiger partial charge in [-0.1, -0.05) is 12.1 Å². The fraction of sp³-hybridized carbons (Fsp3) is 0.526. The van der Waals surface area contributed by atoms with Crippen molar-refractivity contribution in [2.45, 2.75) is 38.1 Å². The number of aliphatic imine (C=N–C) groups is 1. The van der Waals surface area contributed by atoms with Crippen molar-refractivity contribution in [2.75, 3.05) is 27.8 Å². The average molecular weight is 390 g/mol. The van der Waals surface area contributed by atoms with Crippen LogP contribution in [0.25, 0.3) is 0 Å². The number of aryl methyl sites for hydroxylation is 1. The van der Waals surface area contributed by atoms with E-state index in [0.717, 1.165) is 30.8 Å². The Kier molecular flexibility index (Phi) is 6.94. The fourth-order valence-electron chi connectivity index (χ4n) is 3.26. The minimum absolute atomic E-state index is 0.197. The van der Waals surface area contributed by atoms with Gasteiger partial charge in [0.05, 0.1) is 12.6 Å². The summed E-state index contributed by atoms with van der Waals surface area (Å²) in [7, 11) is 5.01. The van der Waals surface area contributed by atoms with Crippen LogP contribution >= 0.6 is 0 Å². The van der Waals surface area contributed by atoms with Crippen LogP contribution in [0.2, 0.25) is 0 Å². The van der Waals surface area contributed by atoms with E-state index in [2.05, 4.69) is 25.7 Å². The van der Waals surface area contributed by atoms with Gasteiger partial charge in [-0.25, -0.2) is 14.1 Å². The van der Waals surface area contributed by atoms with Crippen LogP contribution in [-0.2, 0) is 29.0 Å². The van der Waals surface area contributed by atoms with Gasteiger partial charge in [0.15, 0.2) is 11.8 Å². The average Bonchev–Trinajstić information content (AvgIpc) is 3.10. The molecule has 0 spiro atoms. The highest BCUT2D eigenvalue weighted by Gasteiger charge is 2.22. The van der Waals surface area contributed by atoms with Crippen molar-refractivity contribution in [3.05, 3.63) is 47.3 Å². The molecular weight excluding hydrogens is 363 g/mol. The second kappa shape index (κ2) is 9.61. The molecule has 1 aromatic carbocycles. The lowest BCUT2D eigenvalue weighted by Gasteiger charge is -2.26. The third-order valence-electron chi connectivity index (χ3n) is 4.72. The van der Waals surface area contributed by atoms with Gasteiger partial charge in [-0.2, -0.15) is 5.10 Å². The van der Waals surface area contributed by atoms with E-state index in [4.69, 9.17) is 9.47 Å². The van der Waals surface area contributed by atoms with Crippen molar-refractivity contribution in [3.8, 4) is 0 Å². The van der Waals surface area contributed by atoms with Crippen LogP contribution in [0.1, 0.15) is 29.7 Å². The monoisotopic (exact) mass is 390 g/mol. The predicted octanol–water partition coefficient (Wildman–Crippen LogP) is 1.43. The molecule has 8 nitrogen and oxygen atoms in total. The quantitative estimate of drug-likeness (QED) is 0.550. The molecule has 1 aliphatic rings. The molecule has 2 N–H and O–H groups in total. The van der Waals surface area contributed by atoms with E-state index in [1.807, 2.05) is 4.68 Å². The number of nitrogens with one attached hydrogen (secondary N) is 2. The largest absolute Gasteiger partial charge is 0.377 e. The van der Waals surface area contributed by atoms with Crippen LogP contribution < -0.4 is 10.6 Å². The first-order valence-electron chi connectivity index (χ1n) is 9.30. The molecule has 2 atom stereocenters. The summed E-state index contributed by atoms with van der Waals surface area (Å²) < 4.78 is 25.7. The Morgan fingerprint density at radius 1 is 1.36 bits per heavy atom. The minimum Gasteiger partial charge on any atom is -0.377 e. The second-order valence-electron chi connectivity index (χ2n) is 6.67. The third kappa shape index (κ3) is 5.05. The Bertz CT molecular complexity index is 792. The number of nitrogens with zero attached hydrogens (tertiary/aromatic N) is 4. The van der Waals surface area contributed by atoms with E-state index >= 15 is 0 Å². The van der Waals surface area contributed by atoms with Crippen LogP contribution in [0.3, 0.4) is 0 Å². The number of benzene rings is 1. The zero-order valence-corrected chi connectivity index (χ0v) is 16.5. The van der Waals surface area contributed by atoms with Crippen molar-refractivity contribution >= 4 is 5.96 Å². The van der Waals surface area contributed by atoms with Crippen molar-refractivity contribution in [3.63, 3.8) is 0 Å². The lowest BCUT2D eigenvalue weighted by Crippen LogP contribution is -2.48. The van der Waals surface area contributed by atoms with Gasteiger partial charge >= 0.3 is 0 Å². The minimum atomic E-state index is -0.262. The summed E-state index contributed by atoms with van der Waals surface area (Å²) >= 11 is 0. The summed E-state index contributed by atoms with van der Waals surface area (Å²) in [4.78, 5) is 8.79. The SMILES string of the molecule is CN=C(NCC(OC)c1ccc(F)cc1)NC1CCc2nc(COC)nn2C1. The van der Waals surface area contributed by atoms with Crippen molar-refractivity contribution in [1.29, 1.82) is 0 Å². The van der Waals surface area contributed by atoms with E-state index in [-0.39, 0.29) is 18.0 Å². The molecule has 9 heteroatoms. The Labute approximate surface area is 164 Å². The highest BCUT2D eigenvalue weighted by atomic mass is 19.1. The molecular formula is C19H27FN6O2. The fourth-order valence-corrected chi connectivity index (χ4v) is 3.26. The first-order valence-corrected chi connectivity index (χ1v) is 9.30. The van der Waals surface area contributed by atoms with E-state index in [0.29, 0.717) is 24.9 Å². The van der Waals surface area contributed by atoms with Gasteiger partial charge in [-0.3, -0.25) is 4.99 Å². The summed E-state index contributed by atoms with van der Waals surface area (Å²) in [5, 5.41) is 11.2. The number of rotatable bonds is 7. The molecule has 1 aromatic heterocycles. The molecule has 0 saturated heterocycles. The van der Waals surface area contributed by atoms with E-state index in [1.54, 1.807) is 33.4 Å². The highest BCUT2D eigenvalue weighted by Crippen LogP contribution is 2.16. The third-order valence-corrected chi connectivity index (χ3v) is 4.72. The molecule has 0 amide bonds. The molecule has 28 heavy (non-hydrogen) atoms. The maximum atomic E-state index is 13.1. The van der Waals surface area contributed by atoms with Crippen LogP contribution in [0.4, 0.5) is 4.39 Å². The van der Waals surface area contributed by atoms with Gasteiger partial charge in [-0.05, 0) is 24.1 Å². The zero-order valence-electron chi connectivity index (χ0n) is 16.5. The van der Waals surface area contributed by atoms with Gasteiger partial charge in [-0.15, -0.1) is 0 Å². The molecule has 3 rings (SSSR count). The maximum absolute atomic E-state index is 13.1. The molecule has 152 valence electrons. The number of aromatic nitrogens is 3. The molecule has 0 saturated carbocycles. The molecule has 0 fully saturated rings. The van der Waals surface area contributed by atoms with Gasteiger partial charge < -0.3 is 20.1 Å². The molecule has 2 aromatic rings. The number of guanidine groups is 1. The number of methoxy groups -OCH3 is 2. The summed E-state index contributed by atoms with van der Waals surface area (Å²) in [5.74, 6) is 2.13. The molecule has 0 aliphatic carbocycles. The lowest BCUT2D eigenvalue weighted by molar-refractivity contribution is 0.106. The number of ether oxygens (including phenoxy) is 2. The molecule has 0 bridgehead atoms. The van der Waals surface area contributed by atoms with Crippen molar-refractivity contribution < 1.29 is 13.9 Å². The number of fused-ring (bicyclic) bond motifs is 1. The van der Waals surface area contributed by atoms with Crippen LogP contribution in [-0.4, -0.2) is 54.6 Å². The lowest BCUT2D eigenvalue weighted by atomic mass is 10.1. The standard InChI is InChI=1S/C19H27FN6O2/c1-21-19(22-10-16(28-3)13-4-6-14(20)7-5-13)23-15-8-9-18-24-17(12-27-2)25-26(18)11-15/h4-7,15-16H,8-12H2,1-3H3,(H2,21,22,23). The Morgan fingerprint density at radius 2 is 2.14 bits per heavy atom. The van der Waals surface area contributed by atoms with Crippen molar-refractivity contribution in [1.82, 2.24) is 25.4 Å². The summed E-state index contributed by atoms with van der Waals surface area (Å²) in [6, 6.07) is 6.52. The summed E-state index contributed by atoms with van der Waals surface area (Å²) in [6.07, 6.45) is 1.59. The smallest absolute Gasteiger partial charge is 0.191 e. The highest BCUT2D eigenvalue weighted by molar-refractivity contribution is 5.80. The van der Waals surface area contributed by atoms with Crippen LogP contribution in [0, 0.1) is 5.82 Å². The predicted molar refractivity (Wildman–Crippen MR) is 103 cm³/mol. The number of halogens is 1. The van der Waals surface area contributed by atoms with Gasteiger partial charge in [0.1, 0.15) is 18.2 Å². The van der Waals surface area contributed by atoms with Gasteiger partial charge in [0.2, 0.25) is 0 Å². The van der Waals surface area contributed by atoms with E-state index < -0.39 is 0 Å². The van der Waals surface area contributed by atoms with E-state index in [1.165, 1.54) is 12.1 Å². The molecule has 2 unspecified atom stereocenters. The van der Waals surface area contributed by atoms with Crippen LogP contribution in [0.15, 0.2) is 29.3 Å². The zero-order chi connectivity index (χ0) is 19.9.